The van der Waals surface area contributed by atoms with Gasteiger partial charge in [0.15, 0.2) is 0 Å². The van der Waals surface area contributed by atoms with Gasteiger partial charge in [0.2, 0.25) is 5.95 Å². The van der Waals surface area contributed by atoms with E-state index in [-0.39, 0.29) is 0 Å². The van der Waals surface area contributed by atoms with Crippen molar-refractivity contribution in [1.82, 2.24) is 29.5 Å². The first-order valence-corrected chi connectivity index (χ1v) is 13.3. The van der Waals surface area contributed by atoms with Crippen molar-refractivity contribution in [1.29, 1.82) is 0 Å². The number of hydrogen-bond donors (Lipinski definition) is 2. The number of halogens is 1. The molecule has 1 aliphatic heterocycles. The number of aromatic nitrogens is 4. The lowest BCUT2D eigenvalue weighted by Crippen LogP contribution is -2.39. The fourth-order valence-corrected chi connectivity index (χ4v) is 4.41. The van der Waals surface area contributed by atoms with Gasteiger partial charge in [0, 0.05) is 44.8 Å². The predicted molar refractivity (Wildman–Crippen MR) is 144 cm³/mol. The van der Waals surface area contributed by atoms with Gasteiger partial charge < -0.3 is 30.0 Å². The molecular weight excluding hydrogens is 480 g/mol. The Morgan fingerprint density at radius 3 is 2.78 bits per heavy atom. The first-order chi connectivity index (χ1) is 17.4. The van der Waals surface area contributed by atoms with Crippen molar-refractivity contribution < 1.29 is 9.53 Å². The van der Waals surface area contributed by atoms with E-state index in [4.69, 9.17) is 21.4 Å². The summed E-state index contributed by atoms with van der Waals surface area (Å²) in [6.07, 6.45) is 8.14. The molecule has 1 aliphatic rings. The van der Waals surface area contributed by atoms with Crippen molar-refractivity contribution in [2.75, 3.05) is 63.6 Å². The van der Waals surface area contributed by atoms with E-state index in [9.17, 15) is 4.79 Å². The van der Waals surface area contributed by atoms with E-state index in [1.165, 1.54) is 0 Å². The summed E-state index contributed by atoms with van der Waals surface area (Å²) >= 11 is 6.33. The van der Waals surface area contributed by atoms with Crippen molar-refractivity contribution in [2.45, 2.75) is 58.5 Å². The van der Waals surface area contributed by atoms with E-state index in [0.717, 1.165) is 69.7 Å². The second-order valence-electron chi connectivity index (χ2n) is 9.64. The highest BCUT2D eigenvalue weighted by Gasteiger charge is 2.23. The number of anilines is 3. The Bertz CT molecular complexity index is 946. The van der Waals surface area contributed by atoms with Gasteiger partial charge in [0.05, 0.1) is 36.8 Å². The van der Waals surface area contributed by atoms with E-state index < -0.39 is 0 Å². The summed E-state index contributed by atoms with van der Waals surface area (Å²) in [7, 11) is 2.05. The first kappa shape index (κ1) is 28.3. The zero-order valence-corrected chi connectivity index (χ0v) is 22.8. The Morgan fingerprint density at radius 1 is 1.28 bits per heavy atom. The summed E-state index contributed by atoms with van der Waals surface area (Å²) in [5, 5.41) is 11.9. The molecule has 0 atom stereocenters. The quantitative estimate of drug-likeness (QED) is 0.268. The average molecular weight is 521 g/mol. The van der Waals surface area contributed by atoms with Gasteiger partial charge in [-0.3, -0.25) is 4.68 Å². The number of hydrogen-bond acceptors (Lipinski definition) is 9. The molecule has 0 unspecified atom stereocenters. The number of nitrogens with zero attached hydrogens (tertiary/aromatic N) is 6. The van der Waals surface area contributed by atoms with Crippen LogP contribution < -0.4 is 10.6 Å². The molecule has 200 valence electrons. The van der Waals surface area contributed by atoms with Crippen LogP contribution in [0.15, 0.2) is 12.4 Å². The van der Waals surface area contributed by atoms with Gasteiger partial charge in [0.1, 0.15) is 17.1 Å². The molecule has 1 fully saturated rings. The SMILES string of the molecule is Cc1nn(C2CCN(C(C)C)CC2)cc1Nc1ncc(Cl)c(NCCCN(C)CCOCCC=O)n1. The highest BCUT2D eigenvalue weighted by atomic mass is 35.5. The molecule has 2 aromatic heterocycles. The van der Waals surface area contributed by atoms with E-state index in [2.05, 4.69) is 62.2 Å². The van der Waals surface area contributed by atoms with Gasteiger partial charge in [-0.05, 0) is 53.6 Å². The maximum atomic E-state index is 10.3. The van der Waals surface area contributed by atoms with Crippen molar-refractivity contribution in [3.8, 4) is 0 Å². The largest absolute Gasteiger partial charge is 0.380 e. The molecule has 0 spiro atoms. The highest BCUT2D eigenvalue weighted by Crippen LogP contribution is 2.27. The predicted octanol–water partition coefficient (Wildman–Crippen LogP) is 3.76. The average Bonchev–Trinajstić information content (AvgIpc) is 3.23. The molecule has 3 heterocycles. The van der Waals surface area contributed by atoms with Crippen LogP contribution in [0.25, 0.3) is 0 Å². The minimum absolute atomic E-state index is 0.415. The van der Waals surface area contributed by atoms with Crippen LogP contribution >= 0.6 is 11.6 Å². The van der Waals surface area contributed by atoms with Crippen molar-refractivity contribution in [3.63, 3.8) is 0 Å². The molecule has 2 aromatic rings. The number of likely N-dealkylation sites (tertiary alicyclic amines) is 1. The lowest BCUT2D eigenvalue weighted by molar-refractivity contribution is -0.108. The van der Waals surface area contributed by atoms with Gasteiger partial charge in [-0.2, -0.15) is 10.1 Å². The molecular formula is C25H41ClN8O2. The van der Waals surface area contributed by atoms with Crippen LogP contribution in [0.1, 0.15) is 51.3 Å². The van der Waals surface area contributed by atoms with Crippen molar-refractivity contribution in [3.05, 3.63) is 23.1 Å². The van der Waals surface area contributed by atoms with E-state index >= 15 is 0 Å². The summed E-state index contributed by atoms with van der Waals surface area (Å²) in [6, 6.07) is 1.01. The smallest absolute Gasteiger partial charge is 0.229 e. The Morgan fingerprint density at radius 2 is 2.06 bits per heavy atom. The lowest BCUT2D eigenvalue weighted by atomic mass is 10.0. The molecule has 3 rings (SSSR count). The number of piperidine rings is 1. The highest BCUT2D eigenvalue weighted by molar-refractivity contribution is 6.32. The van der Waals surface area contributed by atoms with Gasteiger partial charge >= 0.3 is 0 Å². The molecule has 0 bridgehead atoms. The standard InChI is InChI=1S/C25H41ClN8O2/c1-19(2)33-11-7-21(8-12-33)34-18-23(20(3)31-34)29-25-28-17-22(26)24(30-25)27-9-5-10-32(4)13-16-36-15-6-14-35/h14,17-19,21H,5-13,15-16H2,1-4H3,(H2,27,28,29,30). The first-order valence-electron chi connectivity index (χ1n) is 12.9. The van der Waals surface area contributed by atoms with Gasteiger partial charge in [-0.25, -0.2) is 4.98 Å². The Hall–Kier alpha value is -2.27. The zero-order valence-electron chi connectivity index (χ0n) is 22.0. The monoisotopic (exact) mass is 520 g/mol. The van der Waals surface area contributed by atoms with Gasteiger partial charge in [-0.1, -0.05) is 11.6 Å². The topological polar surface area (TPSA) is 100 Å². The molecule has 0 aliphatic carbocycles. The van der Waals surface area contributed by atoms with Gasteiger partial charge in [0.25, 0.3) is 0 Å². The lowest BCUT2D eigenvalue weighted by Gasteiger charge is -2.34. The summed E-state index contributed by atoms with van der Waals surface area (Å²) in [5.74, 6) is 1.10. The number of ether oxygens (including phenoxy) is 1. The van der Waals surface area contributed by atoms with E-state index in [0.29, 0.717) is 48.5 Å². The third kappa shape index (κ3) is 8.69. The van der Waals surface area contributed by atoms with Crippen LogP contribution in [-0.4, -0.2) is 94.9 Å². The van der Waals surface area contributed by atoms with Crippen LogP contribution in [-0.2, 0) is 9.53 Å². The Kier molecular flexibility index (Phi) is 11.4. The minimum Gasteiger partial charge on any atom is -0.380 e. The molecule has 36 heavy (non-hydrogen) atoms. The number of carbonyl (C=O) groups excluding carboxylic acids is 1. The van der Waals surface area contributed by atoms with Crippen molar-refractivity contribution >= 4 is 35.3 Å². The number of likely N-dealkylation sites (N-methyl/N-ethyl adjacent to an activating group) is 1. The van der Waals surface area contributed by atoms with Crippen LogP contribution in [0.5, 0.6) is 0 Å². The van der Waals surface area contributed by atoms with Crippen LogP contribution in [0.3, 0.4) is 0 Å². The second kappa shape index (κ2) is 14.5. The summed E-state index contributed by atoms with van der Waals surface area (Å²) < 4.78 is 7.51. The summed E-state index contributed by atoms with van der Waals surface area (Å²) in [6.45, 7) is 12.3. The molecule has 10 nitrogen and oxygen atoms in total. The third-order valence-electron chi connectivity index (χ3n) is 6.52. The number of rotatable bonds is 15. The van der Waals surface area contributed by atoms with Crippen LogP contribution in [0.2, 0.25) is 5.02 Å². The maximum absolute atomic E-state index is 10.3. The molecule has 0 amide bonds. The fraction of sp³-hybridized carbons (Fsp3) is 0.680. The normalized spacial score (nSPS) is 15.1. The number of nitrogens with one attached hydrogen (secondary N) is 2. The van der Waals surface area contributed by atoms with E-state index in [1.807, 2.05) is 6.92 Å². The molecule has 11 heteroatoms. The maximum Gasteiger partial charge on any atom is 0.229 e. The van der Waals surface area contributed by atoms with Crippen LogP contribution in [0, 0.1) is 6.92 Å². The Balaban J connectivity index is 1.47. The van der Waals surface area contributed by atoms with Crippen molar-refractivity contribution in [2.24, 2.45) is 0 Å². The summed E-state index contributed by atoms with van der Waals surface area (Å²) in [5.41, 5.74) is 1.83. The fourth-order valence-electron chi connectivity index (χ4n) is 4.25. The second-order valence-corrected chi connectivity index (χ2v) is 10.0. The molecule has 0 radical (unpaired) electrons. The van der Waals surface area contributed by atoms with E-state index in [1.54, 1.807) is 6.20 Å². The third-order valence-corrected chi connectivity index (χ3v) is 6.79. The number of aldehydes is 1. The molecule has 2 N–H and O–H groups in total. The minimum atomic E-state index is 0.415. The zero-order chi connectivity index (χ0) is 25.9. The molecule has 1 saturated heterocycles. The summed E-state index contributed by atoms with van der Waals surface area (Å²) in [4.78, 5) is 24.0. The molecule has 0 aromatic carbocycles. The Labute approximate surface area is 219 Å². The number of aryl methyl sites for hydroxylation is 1. The van der Waals surface area contributed by atoms with Gasteiger partial charge in [-0.15, -0.1) is 0 Å². The van der Waals surface area contributed by atoms with Crippen LogP contribution in [0.4, 0.5) is 17.5 Å². The molecule has 0 saturated carbocycles. The number of carbonyl (C=O) groups is 1.